The van der Waals surface area contributed by atoms with Crippen molar-refractivity contribution in [1.82, 2.24) is 21.2 Å². The quantitative estimate of drug-likeness (QED) is 0.723. The molecule has 1 aromatic heterocycles. The van der Waals surface area contributed by atoms with Crippen LogP contribution in [0.3, 0.4) is 0 Å². The van der Waals surface area contributed by atoms with Gasteiger partial charge in [-0.25, -0.2) is 19.2 Å². The Morgan fingerprint density at radius 2 is 2.11 bits per heavy atom. The highest BCUT2D eigenvalue weighted by molar-refractivity contribution is 5.82. The zero-order chi connectivity index (χ0) is 19.4. The van der Waals surface area contributed by atoms with Crippen LogP contribution in [0.1, 0.15) is 25.8 Å². The molecule has 144 valence electrons. The van der Waals surface area contributed by atoms with Gasteiger partial charge >= 0.3 is 0 Å². The molecule has 1 aromatic carbocycles. The maximum absolute atomic E-state index is 13.4. The van der Waals surface area contributed by atoms with E-state index in [-0.39, 0.29) is 36.2 Å². The van der Waals surface area contributed by atoms with E-state index in [0.717, 1.165) is 12.1 Å². The molecular formula is C19H22F2N4O2. The van der Waals surface area contributed by atoms with Crippen LogP contribution in [0.15, 0.2) is 36.5 Å². The van der Waals surface area contributed by atoms with Crippen molar-refractivity contribution in [3.63, 3.8) is 0 Å². The summed E-state index contributed by atoms with van der Waals surface area (Å²) in [6, 6.07) is 6.64. The van der Waals surface area contributed by atoms with Crippen LogP contribution < -0.4 is 20.9 Å². The van der Waals surface area contributed by atoms with Gasteiger partial charge in [0.15, 0.2) is 11.6 Å². The zero-order valence-corrected chi connectivity index (χ0v) is 15.1. The van der Waals surface area contributed by atoms with Crippen LogP contribution in [0.25, 0.3) is 0 Å². The number of hydrogen-bond donors (Lipinski definition) is 3. The molecule has 1 fully saturated rings. The normalized spacial score (nSPS) is 19.3. The first-order valence-electron chi connectivity index (χ1n) is 8.79. The van der Waals surface area contributed by atoms with Crippen LogP contribution in [0.2, 0.25) is 0 Å². The Morgan fingerprint density at radius 3 is 2.81 bits per heavy atom. The van der Waals surface area contributed by atoms with Crippen LogP contribution in [0.4, 0.5) is 8.78 Å². The van der Waals surface area contributed by atoms with Gasteiger partial charge < -0.3 is 10.1 Å². The first-order chi connectivity index (χ1) is 12.9. The minimum absolute atomic E-state index is 0.126. The molecule has 1 saturated heterocycles. The summed E-state index contributed by atoms with van der Waals surface area (Å²) in [4.78, 5) is 16.5. The van der Waals surface area contributed by atoms with E-state index in [2.05, 4.69) is 35.0 Å². The number of hydrogen-bond acceptors (Lipinski definition) is 5. The van der Waals surface area contributed by atoms with E-state index in [4.69, 9.17) is 4.74 Å². The topological polar surface area (TPSA) is 75.3 Å². The summed E-state index contributed by atoms with van der Waals surface area (Å²) < 4.78 is 32.0. The van der Waals surface area contributed by atoms with Crippen LogP contribution in [-0.4, -0.2) is 23.0 Å². The molecule has 0 saturated carbocycles. The number of benzene rings is 1. The molecule has 2 unspecified atom stereocenters. The molecule has 2 aromatic rings. The molecule has 8 heteroatoms. The van der Waals surface area contributed by atoms with E-state index in [1.807, 2.05) is 0 Å². The second-order valence-electron chi connectivity index (χ2n) is 6.79. The van der Waals surface area contributed by atoms with Gasteiger partial charge in [0.2, 0.25) is 11.8 Å². The lowest BCUT2D eigenvalue weighted by Crippen LogP contribution is -2.43. The van der Waals surface area contributed by atoms with Crippen molar-refractivity contribution in [2.45, 2.75) is 38.9 Å². The maximum atomic E-state index is 13.4. The van der Waals surface area contributed by atoms with Crippen molar-refractivity contribution >= 4 is 5.91 Å². The van der Waals surface area contributed by atoms with E-state index < -0.39 is 11.6 Å². The van der Waals surface area contributed by atoms with Crippen LogP contribution >= 0.6 is 0 Å². The molecule has 6 nitrogen and oxygen atoms in total. The lowest BCUT2D eigenvalue weighted by atomic mass is 9.99. The summed E-state index contributed by atoms with van der Waals surface area (Å²) in [5.41, 5.74) is 6.76. The van der Waals surface area contributed by atoms with Gasteiger partial charge in [0.05, 0.1) is 0 Å². The second-order valence-corrected chi connectivity index (χ2v) is 6.79. The Balaban J connectivity index is 1.62. The predicted octanol–water partition coefficient (Wildman–Crippen LogP) is 2.66. The van der Waals surface area contributed by atoms with Crippen LogP contribution in [0.5, 0.6) is 11.6 Å². The van der Waals surface area contributed by atoms with Crippen molar-refractivity contribution in [2.24, 2.45) is 5.92 Å². The number of carbonyl (C=O) groups excluding carboxylic acids is 1. The number of hydrazine groups is 1. The molecule has 2 heterocycles. The molecule has 0 spiro atoms. The molecule has 3 N–H and O–H groups in total. The van der Waals surface area contributed by atoms with Crippen molar-refractivity contribution in [2.75, 3.05) is 0 Å². The standard InChI is InChI=1S/C19H22F2N4O2/c1-11(2)16-9-17(25-24-16)18(26)23-10-12-4-3-7-22-19(12)27-13-5-6-14(20)15(21)8-13/h3-8,11,16-17,24-25H,9-10H2,1-2H3,(H,23,26). The smallest absolute Gasteiger partial charge is 0.238 e. The second kappa shape index (κ2) is 8.41. The van der Waals surface area contributed by atoms with Gasteiger partial charge in [0, 0.05) is 30.4 Å². The fourth-order valence-corrected chi connectivity index (χ4v) is 2.80. The summed E-state index contributed by atoms with van der Waals surface area (Å²) in [6.07, 6.45) is 2.23. The highest BCUT2D eigenvalue weighted by atomic mass is 19.2. The van der Waals surface area contributed by atoms with E-state index in [1.165, 1.54) is 12.3 Å². The number of ether oxygens (including phenoxy) is 1. The number of pyridine rings is 1. The SMILES string of the molecule is CC(C)C1CC(C(=O)NCc2cccnc2Oc2ccc(F)c(F)c2)NN1. The van der Waals surface area contributed by atoms with E-state index >= 15 is 0 Å². The van der Waals surface area contributed by atoms with Gasteiger partial charge in [-0.15, -0.1) is 0 Å². The Morgan fingerprint density at radius 1 is 1.30 bits per heavy atom. The van der Waals surface area contributed by atoms with E-state index in [9.17, 15) is 13.6 Å². The summed E-state index contributed by atoms with van der Waals surface area (Å²) in [5.74, 6) is -1.31. The molecule has 27 heavy (non-hydrogen) atoms. The molecule has 1 aliphatic heterocycles. The average Bonchev–Trinajstić information content (AvgIpc) is 3.14. The van der Waals surface area contributed by atoms with E-state index in [0.29, 0.717) is 17.9 Å². The largest absolute Gasteiger partial charge is 0.439 e. The highest BCUT2D eigenvalue weighted by Crippen LogP contribution is 2.24. The fourth-order valence-electron chi connectivity index (χ4n) is 2.80. The Labute approximate surface area is 156 Å². The predicted molar refractivity (Wildman–Crippen MR) is 95.8 cm³/mol. The fraction of sp³-hybridized carbons (Fsp3) is 0.368. The molecule has 0 aliphatic carbocycles. The summed E-state index contributed by atoms with van der Waals surface area (Å²) in [5, 5.41) is 2.85. The first-order valence-corrected chi connectivity index (χ1v) is 8.79. The number of nitrogens with one attached hydrogen (secondary N) is 3. The maximum Gasteiger partial charge on any atom is 0.238 e. The summed E-state index contributed by atoms with van der Waals surface area (Å²) in [6.45, 7) is 4.39. The molecule has 0 bridgehead atoms. The highest BCUT2D eigenvalue weighted by Gasteiger charge is 2.30. The average molecular weight is 376 g/mol. The lowest BCUT2D eigenvalue weighted by Gasteiger charge is -2.14. The Hall–Kier alpha value is -2.58. The first kappa shape index (κ1) is 19.2. The minimum Gasteiger partial charge on any atom is -0.439 e. The number of halogens is 2. The molecule has 1 amide bonds. The van der Waals surface area contributed by atoms with Gasteiger partial charge in [-0.05, 0) is 30.5 Å². The minimum atomic E-state index is -1.00. The third-order valence-corrected chi connectivity index (χ3v) is 4.46. The van der Waals surface area contributed by atoms with Crippen molar-refractivity contribution in [3.8, 4) is 11.6 Å². The van der Waals surface area contributed by atoms with Crippen molar-refractivity contribution < 1.29 is 18.3 Å². The monoisotopic (exact) mass is 376 g/mol. The number of carbonyl (C=O) groups is 1. The Kier molecular flexibility index (Phi) is 5.98. The van der Waals surface area contributed by atoms with Crippen molar-refractivity contribution in [3.05, 3.63) is 53.7 Å². The van der Waals surface area contributed by atoms with Crippen LogP contribution in [-0.2, 0) is 11.3 Å². The summed E-state index contributed by atoms with van der Waals surface area (Å²) >= 11 is 0. The van der Waals surface area contributed by atoms with Crippen molar-refractivity contribution in [1.29, 1.82) is 0 Å². The number of amides is 1. The van der Waals surface area contributed by atoms with Crippen LogP contribution in [0, 0.1) is 17.6 Å². The molecule has 1 aliphatic rings. The zero-order valence-electron chi connectivity index (χ0n) is 15.1. The van der Waals surface area contributed by atoms with Gasteiger partial charge in [-0.2, -0.15) is 0 Å². The molecule has 3 rings (SSSR count). The molecule has 2 atom stereocenters. The molecular weight excluding hydrogens is 354 g/mol. The van der Waals surface area contributed by atoms with Gasteiger partial charge in [-0.3, -0.25) is 10.2 Å². The number of nitrogens with zero attached hydrogens (tertiary/aromatic N) is 1. The van der Waals surface area contributed by atoms with E-state index in [1.54, 1.807) is 12.1 Å². The third kappa shape index (κ3) is 4.78. The number of aromatic nitrogens is 1. The van der Waals surface area contributed by atoms with Gasteiger partial charge in [-0.1, -0.05) is 19.9 Å². The number of rotatable bonds is 6. The van der Waals surface area contributed by atoms with Gasteiger partial charge in [0.25, 0.3) is 0 Å². The molecule has 0 radical (unpaired) electrons. The van der Waals surface area contributed by atoms with Gasteiger partial charge in [0.1, 0.15) is 11.8 Å². The summed E-state index contributed by atoms with van der Waals surface area (Å²) in [7, 11) is 0. The lowest BCUT2D eigenvalue weighted by molar-refractivity contribution is -0.123. The third-order valence-electron chi connectivity index (χ3n) is 4.46. The Bertz CT molecular complexity index is 816.